The van der Waals surface area contributed by atoms with Gasteiger partial charge in [-0.25, -0.2) is 19.1 Å². The number of azo groups is 1. The number of rotatable bonds is 8. The van der Waals surface area contributed by atoms with Crippen LogP contribution in [-0.2, 0) is 25.8 Å². The Morgan fingerprint density at radius 3 is 2.63 bits per heavy atom. The number of aromatic nitrogens is 1. The van der Waals surface area contributed by atoms with Crippen molar-refractivity contribution < 1.29 is 38.2 Å². The van der Waals surface area contributed by atoms with Crippen molar-refractivity contribution >= 4 is 45.7 Å². The van der Waals surface area contributed by atoms with Crippen molar-refractivity contribution in [3.8, 4) is 5.88 Å². The number of fused-ring (bicyclic) bond motifs is 2. The van der Waals surface area contributed by atoms with Crippen LogP contribution in [0, 0.1) is 11.7 Å². The van der Waals surface area contributed by atoms with Crippen LogP contribution in [0.5, 0.6) is 5.88 Å². The fourth-order valence-corrected chi connectivity index (χ4v) is 6.61. The van der Waals surface area contributed by atoms with E-state index in [1.807, 2.05) is 16.7 Å². The lowest BCUT2D eigenvalue weighted by Gasteiger charge is -2.46. The quantitative estimate of drug-likeness (QED) is 0.166. The minimum absolute atomic E-state index is 0.0421. The number of hydrogen-bond donors (Lipinski definition) is 3. The van der Waals surface area contributed by atoms with Crippen LogP contribution in [0.3, 0.4) is 0 Å². The normalized spacial score (nSPS) is 23.9. The molecule has 0 spiro atoms. The van der Waals surface area contributed by atoms with E-state index in [4.69, 9.17) is 21.8 Å². The molecule has 0 radical (unpaired) electrons. The Kier molecular flexibility index (Phi) is 8.52. The predicted octanol–water partition coefficient (Wildman–Crippen LogP) is 3.69. The van der Waals surface area contributed by atoms with Crippen LogP contribution in [0.4, 0.5) is 14.5 Å². The van der Waals surface area contributed by atoms with Crippen molar-refractivity contribution in [2.45, 2.75) is 44.6 Å². The molecule has 46 heavy (non-hydrogen) atoms. The molecule has 3 N–H and O–H groups in total. The largest absolute Gasteiger partial charge is 0.497 e. The van der Waals surface area contributed by atoms with Gasteiger partial charge in [0.15, 0.2) is 11.5 Å². The number of halogens is 2. The number of thiocarbonyl (C=S) groups is 1. The molecule has 3 unspecified atom stereocenters. The van der Waals surface area contributed by atoms with Crippen LogP contribution in [0.1, 0.15) is 19.8 Å². The van der Waals surface area contributed by atoms with E-state index in [1.54, 1.807) is 10.6 Å². The third-order valence-corrected chi connectivity index (χ3v) is 8.95. The van der Waals surface area contributed by atoms with Crippen molar-refractivity contribution in [3.63, 3.8) is 0 Å². The number of Topliss-reactive ketones (excluding diaryl/α,β-unsaturated/α-hetero) is 1. The first-order chi connectivity index (χ1) is 22.0. The fraction of sp³-hybridized carbons (Fsp3) is 0.433. The number of ketones is 1. The molecule has 1 aromatic heterocycles. The van der Waals surface area contributed by atoms with Crippen molar-refractivity contribution in [3.05, 3.63) is 59.1 Å². The summed E-state index contributed by atoms with van der Waals surface area (Å²) in [6.07, 6.45) is 4.28. The molecule has 1 saturated heterocycles. The second kappa shape index (κ2) is 12.4. The van der Waals surface area contributed by atoms with Gasteiger partial charge in [-0.1, -0.05) is 0 Å². The van der Waals surface area contributed by atoms with Gasteiger partial charge in [0, 0.05) is 43.3 Å². The lowest BCUT2D eigenvalue weighted by molar-refractivity contribution is -0.136. The summed E-state index contributed by atoms with van der Waals surface area (Å²) in [5.74, 6) is -4.09. The number of hydroxylamine groups is 1. The summed E-state index contributed by atoms with van der Waals surface area (Å²) in [4.78, 5) is 35.5. The zero-order valence-corrected chi connectivity index (χ0v) is 26.1. The summed E-state index contributed by atoms with van der Waals surface area (Å²) in [5, 5.41) is 29.0. The highest BCUT2D eigenvalue weighted by Crippen LogP contribution is 2.44. The molecule has 0 amide bonds. The molecule has 16 heteroatoms. The van der Waals surface area contributed by atoms with Gasteiger partial charge in [0.2, 0.25) is 11.0 Å². The zero-order valence-electron chi connectivity index (χ0n) is 25.3. The lowest BCUT2D eigenvalue weighted by atomic mass is 9.81. The van der Waals surface area contributed by atoms with Crippen molar-refractivity contribution in [2.75, 3.05) is 33.9 Å². The molecule has 2 fully saturated rings. The van der Waals surface area contributed by atoms with Crippen LogP contribution in [-0.4, -0.2) is 98.3 Å². The molecular weight excluding hydrogens is 624 g/mol. The van der Waals surface area contributed by atoms with Gasteiger partial charge in [-0.3, -0.25) is 19.1 Å². The molecule has 2 aliphatic carbocycles. The maximum absolute atomic E-state index is 15.9. The van der Waals surface area contributed by atoms with Gasteiger partial charge in [-0.2, -0.15) is 0 Å². The van der Waals surface area contributed by atoms with E-state index in [0.717, 1.165) is 12.8 Å². The molecule has 1 aromatic carbocycles. The summed E-state index contributed by atoms with van der Waals surface area (Å²) in [7, 11) is 2.80. The average Bonchev–Trinajstić information content (AvgIpc) is 3.83. The van der Waals surface area contributed by atoms with E-state index < -0.39 is 35.4 Å². The van der Waals surface area contributed by atoms with Crippen molar-refractivity contribution in [1.82, 2.24) is 24.7 Å². The van der Waals surface area contributed by atoms with E-state index in [-0.39, 0.29) is 46.7 Å². The summed E-state index contributed by atoms with van der Waals surface area (Å²) >= 11 is 5.00. The maximum Gasteiger partial charge on any atom is 0.340 e. The summed E-state index contributed by atoms with van der Waals surface area (Å²) in [5.41, 5.74) is 2.81. The Bertz CT molecular complexity index is 1740. The Morgan fingerprint density at radius 2 is 1.98 bits per heavy atom. The number of aliphatic carboxylic acids is 1. The minimum atomic E-state index is -1.34. The zero-order chi connectivity index (χ0) is 32.9. The molecule has 3 atom stereocenters. The van der Waals surface area contributed by atoms with E-state index in [0.29, 0.717) is 36.3 Å². The SMILES string of the molecule is CONC(=S)N=Nc1c(O)n(CN2CCN(C3=C(OC)C4C(C=C3F)C(=O)C(C(=O)O)=CN4C3CC3)CC2C)c2ccc(F)cc12. The number of aromatic hydroxyl groups is 1. The number of piperazine rings is 1. The van der Waals surface area contributed by atoms with Gasteiger partial charge < -0.3 is 24.7 Å². The van der Waals surface area contributed by atoms with Crippen LogP contribution in [0.15, 0.2) is 63.6 Å². The number of benzene rings is 1. The highest BCUT2D eigenvalue weighted by molar-refractivity contribution is 7.80. The fourth-order valence-electron chi connectivity index (χ4n) is 6.48. The number of ether oxygens (including phenoxy) is 1. The van der Waals surface area contributed by atoms with Crippen molar-refractivity contribution in [2.24, 2.45) is 16.1 Å². The van der Waals surface area contributed by atoms with Gasteiger partial charge in [-0.05, 0) is 56.3 Å². The molecule has 2 aliphatic heterocycles. The number of nitrogens with one attached hydrogen (secondary N) is 1. The van der Waals surface area contributed by atoms with Gasteiger partial charge in [-0.15, -0.1) is 10.2 Å². The van der Waals surface area contributed by atoms with Crippen LogP contribution in [0.2, 0.25) is 0 Å². The number of nitrogens with zero attached hydrogens (tertiary/aromatic N) is 6. The topological polar surface area (TPSA) is 144 Å². The van der Waals surface area contributed by atoms with Gasteiger partial charge >= 0.3 is 5.97 Å². The number of carbonyl (C=O) groups excluding carboxylic acids is 1. The Labute approximate surface area is 268 Å². The second-order valence-corrected chi connectivity index (χ2v) is 12.0. The molecular formula is C30H33F2N7O6S. The highest BCUT2D eigenvalue weighted by atomic mass is 32.1. The maximum atomic E-state index is 15.9. The van der Waals surface area contributed by atoms with Gasteiger partial charge in [0.25, 0.3) is 0 Å². The van der Waals surface area contributed by atoms with Gasteiger partial charge in [0.1, 0.15) is 34.7 Å². The Morgan fingerprint density at radius 1 is 1.22 bits per heavy atom. The molecule has 1 saturated carbocycles. The molecule has 4 aliphatic rings. The van der Waals surface area contributed by atoms with Crippen LogP contribution < -0.4 is 5.48 Å². The number of allylic oxidation sites excluding steroid dienone is 1. The standard InChI is InChI=1S/C30H33F2N7O6S/c1-15-12-36(25-21(32)11-19-24(27(25)44-2)38(17-5-6-17)13-20(26(19)40)29(42)43)8-9-37(15)14-39-22-7-4-16(31)10-18(22)23(28(39)41)33-34-30(46)35-45-3/h4,7,10-11,13,15,17,19,24,41H,5-6,8-9,12,14H2,1-3H3,(H,35,46)(H,42,43). The minimum Gasteiger partial charge on any atom is -0.497 e. The number of hydrogen-bond acceptors (Lipinski definition) is 10. The monoisotopic (exact) mass is 657 g/mol. The number of methoxy groups -OCH3 is 1. The van der Waals surface area contributed by atoms with E-state index >= 15 is 4.39 Å². The number of carboxylic acids is 1. The smallest absolute Gasteiger partial charge is 0.340 e. The number of carbonyl (C=O) groups is 2. The molecule has 2 aromatic rings. The molecule has 244 valence electrons. The van der Waals surface area contributed by atoms with Crippen molar-refractivity contribution in [1.29, 1.82) is 0 Å². The summed E-state index contributed by atoms with van der Waals surface area (Å²) in [6, 6.07) is 3.33. The average molecular weight is 658 g/mol. The molecule has 13 nitrogen and oxygen atoms in total. The lowest BCUT2D eigenvalue weighted by Crippen LogP contribution is -2.54. The Hall–Kier alpha value is -4.41. The van der Waals surface area contributed by atoms with Gasteiger partial charge in [0.05, 0.1) is 32.3 Å². The highest BCUT2D eigenvalue weighted by Gasteiger charge is 2.50. The third-order valence-electron chi connectivity index (χ3n) is 8.79. The van der Waals surface area contributed by atoms with E-state index in [2.05, 4.69) is 20.6 Å². The predicted molar refractivity (Wildman–Crippen MR) is 165 cm³/mol. The third kappa shape index (κ3) is 5.60. The van der Waals surface area contributed by atoms with Crippen LogP contribution in [0.25, 0.3) is 10.9 Å². The second-order valence-electron chi connectivity index (χ2n) is 11.6. The Balaban J connectivity index is 1.27. The van der Waals surface area contributed by atoms with E-state index in [9.17, 15) is 24.2 Å². The number of carboxylic acid groups (broad SMARTS) is 1. The van der Waals surface area contributed by atoms with E-state index in [1.165, 1.54) is 38.6 Å². The summed E-state index contributed by atoms with van der Waals surface area (Å²) < 4.78 is 37.5. The van der Waals surface area contributed by atoms with Crippen LogP contribution >= 0.6 is 12.2 Å². The molecule has 6 rings (SSSR count). The molecule has 0 bridgehead atoms. The first-order valence-corrected chi connectivity index (χ1v) is 15.1. The molecule has 3 heterocycles. The summed E-state index contributed by atoms with van der Waals surface area (Å²) in [6.45, 7) is 3.40. The first kappa shape index (κ1) is 31.6. The first-order valence-electron chi connectivity index (χ1n) is 14.7.